The van der Waals surface area contributed by atoms with Crippen molar-refractivity contribution in [1.29, 1.82) is 0 Å². The van der Waals surface area contributed by atoms with Crippen molar-refractivity contribution in [2.75, 3.05) is 6.26 Å². The van der Waals surface area contributed by atoms with Crippen molar-refractivity contribution in [2.24, 2.45) is 0 Å². The summed E-state index contributed by atoms with van der Waals surface area (Å²) in [4.78, 5) is 11.7. The van der Waals surface area contributed by atoms with Gasteiger partial charge in [-0.15, -0.1) is 11.8 Å². The molecule has 1 heterocycles. The maximum absolute atomic E-state index is 11.7. The maximum atomic E-state index is 11.7. The van der Waals surface area contributed by atoms with Crippen LogP contribution in [-0.4, -0.2) is 23.3 Å². The molecule has 0 spiro atoms. The molecule has 4 N–H and O–H groups in total. The van der Waals surface area contributed by atoms with E-state index >= 15 is 0 Å². The van der Waals surface area contributed by atoms with E-state index in [0.29, 0.717) is 11.7 Å². The molecule has 0 radical (unpaired) electrons. The Morgan fingerprint density at radius 1 is 1.33 bits per heavy atom. The smallest absolute Gasteiger partial charge is 0.271 e. The maximum Gasteiger partial charge on any atom is 0.271 e. The van der Waals surface area contributed by atoms with Gasteiger partial charge in [-0.3, -0.25) is 10.1 Å². The van der Waals surface area contributed by atoms with Gasteiger partial charge < -0.3 is 10.7 Å². The van der Waals surface area contributed by atoms with E-state index in [1.807, 2.05) is 6.26 Å². The fourth-order valence-corrected chi connectivity index (χ4v) is 3.06. The van der Waals surface area contributed by atoms with Gasteiger partial charge in [-0.1, -0.05) is 32.3 Å². The van der Waals surface area contributed by atoms with Crippen LogP contribution in [0.5, 0.6) is 0 Å². The Morgan fingerprint density at radius 3 is 2.56 bits per heavy atom. The van der Waals surface area contributed by atoms with Gasteiger partial charge in [-0.2, -0.15) is 5.43 Å². The van der Waals surface area contributed by atoms with E-state index in [1.54, 1.807) is 11.8 Å². The normalized spacial score (nSPS) is 30.5. The first-order valence-corrected chi connectivity index (χ1v) is 7.75. The van der Waals surface area contributed by atoms with Crippen molar-refractivity contribution in [1.82, 2.24) is 21.5 Å². The zero-order valence-corrected chi connectivity index (χ0v) is 11.7. The monoisotopic (exact) mass is 270 g/mol. The zero-order valence-electron chi connectivity index (χ0n) is 10.8. The molecule has 1 aliphatic heterocycles. The van der Waals surface area contributed by atoms with Gasteiger partial charge in [-0.25, -0.2) is 0 Å². The summed E-state index contributed by atoms with van der Waals surface area (Å²) in [7, 11) is 0. The molecule has 2 aliphatic rings. The summed E-state index contributed by atoms with van der Waals surface area (Å²) in [5.41, 5.74) is 6.29. The Labute approximate surface area is 113 Å². The third-order valence-corrected chi connectivity index (χ3v) is 4.46. The summed E-state index contributed by atoms with van der Waals surface area (Å²) in [6.07, 6.45) is 9.46. The lowest BCUT2D eigenvalue weighted by molar-refractivity contribution is -0.121. The number of nitrogens with one attached hydrogen (secondary N) is 4. The van der Waals surface area contributed by atoms with Crippen LogP contribution in [0, 0.1) is 0 Å². The van der Waals surface area contributed by atoms with Crippen molar-refractivity contribution < 1.29 is 4.79 Å². The molecular formula is C12H22N4OS. The van der Waals surface area contributed by atoms with Crippen LogP contribution in [0.2, 0.25) is 0 Å². The van der Waals surface area contributed by atoms with Crippen LogP contribution in [0.25, 0.3) is 0 Å². The third kappa shape index (κ3) is 3.18. The summed E-state index contributed by atoms with van der Waals surface area (Å²) >= 11 is 1.54. The van der Waals surface area contributed by atoms with Crippen molar-refractivity contribution in [3.63, 3.8) is 0 Å². The Hall–Kier alpha value is -0.720. The molecule has 1 aliphatic carbocycles. The second kappa shape index (κ2) is 5.95. The molecule has 1 amide bonds. The summed E-state index contributed by atoms with van der Waals surface area (Å²) in [5.74, 6) is -0.163. The molecule has 1 unspecified atom stereocenters. The molecule has 2 rings (SSSR count). The van der Waals surface area contributed by atoms with Crippen molar-refractivity contribution in [2.45, 2.75) is 49.7 Å². The van der Waals surface area contributed by atoms with Gasteiger partial charge in [0.15, 0.2) is 0 Å². The van der Waals surface area contributed by atoms with Crippen molar-refractivity contribution in [3.8, 4) is 0 Å². The largest absolute Gasteiger partial charge is 0.313 e. The van der Waals surface area contributed by atoms with Gasteiger partial charge in [0.1, 0.15) is 5.70 Å². The van der Waals surface area contributed by atoms with Crippen LogP contribution < -0.4 is 21.5 Å². The first-order chi connectivity index (χ1) is 8.65. The van der Waals surface area contributed by atoms with Crippen LogP contribution in [0.15, 0.2) is 12.3 Å². The van der Waals surface area contributed by atoms with E-state index in [-0.39, 0.29) is 5.91 Å². The number of amides is 1. The number of rotatable bonds is 3. The Kier molecular flexibility index (Phi) is 4.53. The van der Waals surface area contributed by atoms with Crippen LogP contribution in [-0.2, 0) is 4.79 Å². The lowest BCUT2D eigenvalue weighted by atomic mass is 10.1. The first kappa shape index (κ1) is 13.7. The number of carbonyl (C=O) groups excluding carboxylic acids is 1. The van der Waals surface area contributed by atoms with E-state index < -0.39 is 5.12 Å². The fourth-order valence-electron chi connectivity index (χ4n) is 2.43. The lowest BCUT2D eigenvalue weighted by Gasteiger charge is -2.41. The molecule has 5 nitrogen and oxygen atoms in total. The quantitative estimate of drug-likeness (QED) is 0.350. The molecule has 1 atom stereocenters. The van der Waals surface area contributed by atoms with Gasteiger partial charge in [0.2, 0.25) is 5.12 Å². The van der Waals surface area contributed by atoms with E-state index in [2.05, 4.69) is 28.1 Å². The van der Waals surface area contributed by atoms with Gasteiger partial charge in [0.05, 0.1) is 0 Å². The summed E-state index contributed by atoms with van der Waals surface area (Å²) < 4.78 is 0. The molecule has 0 aromatic heterocycles. The molecule has 0 aromatic rings. The van der Waals surface area contributed by atoms with Crippen molar-refractivity contribution >= 4 is 17.7 Å². The van der Waals surface area contributed by atoms with Gasteiger partial charge in [0.25, 0.3) is 5.91 Å². The summed E-state index contributed by atoms with van der Waals surface area (Å²) in [5, 5.41) is 5.83. The number of thioether (sulfide) groups is 1. The summed E-state index contributed by atoms with van der Waals surface area (Å²) in [6, 6.07) is 0.445. The second-order valence-corrected chi connectivity index (χ2v) is 5.92. The molecule has 102 valence electrons. The molecule has 18 heavy (non-hydrogen) atoms. The molecule has 2 fully saturated rings. The Bertz CT molecular complexity index is 328. The van der Waals surface area contributed by atoms with E-state index in [0.717, 1.165) is 0 Å². The SMILES string of the molecule is C=C1NNC(NC2CCCCCC2)(SC)NC1=O. The molecule has 6 heteroatoms. The Balaban J connectivity index is 1.98. The van der Waals surface area contributed by atoms with E-state index in [4.69, 9.17) is 0 Å². The zero-order chi connectivity index (χ0) is 13.0. The topological polar surface area (TPSA) is 65.2 Å². The fraction of sp³-hybridized carbons (Fsp3) is 0.750. The molecule has 0 aromatic carbocycles. The highest BCUT2D eigenvalue weighted by molar-refractivity contribution is 7.99. The van der Waals surface area contributed by atoms with Gasteiger partial charge in [0, 0.05) is 6.04 Å². The van der Waals surface area contributed by atoms with Gasteiger partial charge >= 0.3 is 0 Å². The third-order valence-electron chi connectivity index (χ3n) is 3.52. The van der Waals surface area contributed by atoms with Crippen LogP contribution in [0.4, 0.5) is 0 Å². The molecule has 1 saturated heterocycles. The first-order valence-electron chi connectivity index (χ1n) is 6.53. The van der Waals surface area contributed by atoms with Crippen molar-refractivity contribution in [3.05, 3.63) is 12.3 Å². The highest BCUT2D eigenvalue weighted by atomic mass is 32.2. The highest BCUT2D eigenvalue weighted by Crippen LogP contribution is 2.22. The molecule has 1 saturated carbocycles. The van der Waals surface area contributed by atoms with E-state index in [9.17, 15) is 4.79 Å². The average molecular weight is 270 g/mol. The predicted octanol–water partition coefficient (Wildman–Crippen LogP) is 1.01. The van der Waals surface area contributed by atoms with Crippen LogP contribution >= 0.6 is 11.8 Å². The average Bonchev–Trinajstić information content (AvgIpc) is 2.63. The lowest BCUT2D eigenvalue weighted by Crippen LogP contribution is -2.74. The Morgan fingerprint density at radius 2 is 2.00 bits per heavy atom. The number of hydrogen-bond donors (Lipinski definition) is 4. The minimum absolute atomic E-state index is 0.163. The highest BCUT2D eigenvalue weighted by Gasteiger charge is 2.37. The van der Waals surface area contributed by atoms with Gasteiger partial charge in [-0.05, 0) is 19.1 Å². The van der Waals surface area contributed by atoms with Crippen LogP contribution in [0.1, 0.15) is 38.5 Å². The standard InChI is InChI=1S/C12H22N4OS/c1-9-11(17)14-12(18-2,16-15-9)13-10-7-5-3-4-6-8-10/h10,13,15-16H,1,3-8H2,2H3,(H,14,17). The summed E-state index contributed by atoms with van der Waals surface area (Å²) in [6.45, 7) is 3.63. The number of carbonyl (C=O) groups is 1. The minimum atomic E-state index is -0.632. The van der Waals surface area contributed by atoms with Crippen LogP contribution in [0.3, 0.4) is 0 Å². The molecular weight excluding hydrogens is 248 g/mol. The number of hydrazine groups is 1. The predicted molar refractivity (Wildman–Crippen MR) is 74.4 cm³/mol. The molecule has 0 bridgehead atoms. The second-order valence-electron chi connectivity index (χ2n) is 4.90. The minimum Gasteiger partial charge on any atom is -0.313 e. The van der Waals surface area contributed by atoms with E-state index in [1.165, 1.54) is 38.5 Å². The number of hydrogen-bond acceptors (Lipinski definition) is 5.